The van der Waals surface area contributed by atoms with Crippen LogP contribution < -0.4 is 0 Å². The summed E-state index contributed by atoms with van der Waals surface area (Å²) in [6, 6.07) is 0. The monoisotopic (exact) mass is 348 g/mol. The first-order valence-corrected chi connectivity index (χ1v) is 10.2. The number of likely N-dealkylation sites (N-methyl/N-ethyl adjacent to an activating group) is 1. The van der Waals surface area contributed by atoms with Crippen molar-refractivity contribution in [3.8, 4) is 0 Å². The summed E-state index contributed by atoms with van der Waals surface area (Å²) in [6.45, 7) is 6.78. The highest BCUT2D eigenvalue weighted by atomic mass is 32.2. The Morgan fingerprint density at radius 1 is 1.13 bits per heavy atom. The van der Waals surface area contributed by atoms with Gasteiger partial charge >= 0.3 is 0 Å². The van der Waals surface area contributed by atoms with Crippen molar-refractivity contribution in [3.05, 3.63) is 0 Å². The molecular formula is C16H32N2O4S. The third-order valence-corrected chi connectivity index (χ3v) is 7.31. The predicted molar refractivity (Wildman–Crippen MR) is 91.1 cm³/mol. The average Bonchev–Trinajstić information content (AvgIpc) is 2.48. The molecule has 2 rings (SSSR count). The van der Waals surface area contributed by atoms with Gasteiger partial charge in [-0.3, -0.25) is 0 Å². The Kier molecular flexibility index (Phi) is 6.86. The minimum Gasteiger partial charge on any atom is -0.381 e. The molecule has 0 amide bonds. The third kappa shape index (κ3) is 5.13. The second kappa shape index (κ2) is 8.25. The molecule has 1 saturated heterocycles. The van der Waals surface area contributed by atoms with Gasteiger partial charge in [0.1, 0.15) is 0 Å². The third-order valence-electron chi connectivity index (χ3n) is 5.07. The highest BCUT2D eigenvalue weighted by Crippen LogP contribution is 2.29. The van der Waals surface area contributed by atoms with E-state index in [0.29, 0.717) is 24.9 Å². The van der Waals surface area contributed by atoms with Gasteiger partial charge in [0.25, 0.3) is 0 Å². The second-order valence-electron chi connectivity index (χ2n) is 7.04. The zero-order valence-corrected chi connectivity index (χ0v) is 15.7. The SMILES string of the molecule is COC1CC(OC2CCN(CCN(C)S(=O)(=O)C(C)C)CC2)C1. The van der Waals surface area contributed by atoms with Gasteiger partial charge in [0, 0.05) is 40.3 Å². The van der Waals surface area contributed by atoms with Gasteiger partial charge in [-0.05, 0) is 39.5 Å². The van der Waals surface area contributed by atoms with Gasteiger partial charge < -0.3 is 14.4 Å². The van der Waals surface area contributed by atoms with Crippen molar-refractivity contribution in [1.29, 1.82) is 0 Å². The van der Waals surface area contributed by atoms with Gasteiger partial charge in [0.05, 0.1) is 23.6 Å². The highest BCUT2D eigenvalue weighted by molar-refractivity contribution is 7.89. The molecule has 2 fully saturated rings. The first kappa shape index (κ1) is 19.1. The lowest BCUT2D eigenvalue weighted by Gasteiger charge is -2.39. The molecule has 0 aromatic rings. The van der Waals surface area contributed by atoms with Crippen LogP contribution in [0.1, 0.15) is 39.5 Å². The van der Waals surface area contributed by atoms with E-state index in [1.807, 2.05) is 0 Å². The number of hydrogen-bond acceptors (Lipinski definition) is 5. The van der Waals surface area contributed by atoms with Crippen molar-refractivity contribution in [2.75, 3.05) is 40.3 Å². The first-order valence-electron chi connectivity index (χ1n) is 8.68. The second-order valence-corrected chi connectivity index (χ2v) is 9.64. The molecule has 0 spiro atoms. The predicted octanol–water partition coefficient (Wildman–Crippen LogP) is 1.31. The van der Waals surface area contributed by atoms with Crippen molar-refractivity contribution >= 4 is 10.0 Å². The summed E-state index contributed by atoms with van der Waals surface area (Å²) in [6.07, 6.45) is 5.23. The number of methoxy groups -OCH3 is 1. The standard InChI is InChI=1S/C16H32N2O4S/c1-13(2)23(19,20)17(3)9-10-18-7-5-14(6-8-18)22-16-11-15(12-16)21-4/h13-16H,5-12H2,1-4H3. The Labute approximate surface area is 141 Å². The van der Waals surface area contributed by atoms with Crippen molar-refractivity contribution in [1.82, 2.24) is 9.21 Å². The minimum absolute atomic E-state index is 0.353. The van der Waals surface area contributed by atoms with Crippen LogP contribution in [-0.2, 0) is 19.5 Å². The summed E-state index contributed by atoms with van der Waals surface area (Å²) in [7, 11) is 0.297. The Balaban J connectivity index is 1.63. The lowest BCUT2D eigenvalue weighted by molar-refractivity contribution is -0.126. The van der Waals surface area contributed by atoms with E-state index in [-0.39, 0.29) is 5.25 Å². The summed E-state index contributed by atoms with van der Waals surface area (Å²) in [5.74, 6) is 0. The van der Waals surface area contributed by atoms with Gasteiger partial charge in [0.15, 0.2) is 0 Å². The van der Waals surface area contributed by atoms with Crippen molar-refractivity contribution in [2.24, 2.45) is 0 Å². The molecule has 1 aliphatic carbocycles. The average molecular weight is 349 g/mol. The quantitative estimate of drug-likeness (QED) is 0.662. The van der Waals surface area contributed by atoms with E-state index in [1.165, 1.54) is 4.31 Å². The summed E-state index contributed by atoms with van der Waals surface area (Å²) in [5, 5.41) is -0.356. The maximum Gasteiger partial charge on any atom is 0.216 e. The number of hydrogen-bond donors (Lipinski definition) is 0. The molecule has 23 heavy (non-hydrogen) atoms. The largest absolute Gasteiger partial charge is 0.381 e. The molecule has 1 heterocycles. The molecule has 0 unspecified atom stereocenters. The zero-order chi connectivity index (χ0) is 17.0. The fraction of sp³-hybridized carbons (Fsp3) is 1.00. The minimum atomic E-state index is -3.14. The molecule has 6 nitrogen and oxygen atoms in total. The van der Waals surface area contributed by atoms with E-state index in [9.17, 15) is 8.42 Å². The first-order chi connectivity index (χ1) is 10.8. The fourth-order valence-corrected chi connectivity index (χ4v) is 4.19. The number of piperidine rings is 1. The highest BCUT2D eigenvalue weighted by Gasteiger charge is 2.33. The maximum atomic E-state index is 12.0. The lowest BCUT2D eigenvalue weighted by Crippen LogP contribution is -2.45. The van der Waals surface area contributed by atoms with Crippen LogP contribution in [0.5, 0.6) is 0 Å². The number of sulfonamides is 1. The molecule has 0 atom stereocenters. The summed E-state index contributed by atoms with van der Waals surface area (Å²) < 4.78 is 37.0. The molecule has 7 heteroatoms. The van der Waals surface area contributed by atoms with E-state index in [2.05, 4.69) is 4.90 Å². The lowest BCUT2D eigenvalue weighted by atomic mass is 9.91. The normalized spacial score (nSPS) is 27.6. The van der Waals surface area contributed by atoms with Crippen LogP contribution in [-0.4, -0.2) is 81.5 Å². The van der Waals surface area contributed by atoms with Gasteiger partial charge in [0.2, 0.25) is 10.0 Å². The van der Waals surface area contributed by atoms with Crippen molar-refractivity contribution in [2.45, 2.75) is 63.1 Å². The van der Waals surface area contributed by atoms with Crippen LogP contribution in [0.25, 0.3) is 0 Å². The van der Waals surface area contributed by atoms with Gasteiger partial charge in [-0.15, -0.1) is 0 Å². The number of rotatable bonds is 8. The van der Waals surface area contributed by atoms with Crippen LogP contribution in [0.3, 0.4) is 0 Å². The molecule has 0 bridgehead atoms. The zero-order valence-electron chi connectivity index (χ0n) is 14.9. The summed E-state index contributed by atoms with van der Waals surface area (Å²) in [5.41, 5.74) is 0. The Morgan fingerprint density at radius 3 is 2.26 bits per heavy atom. The molecule has 1 saturated carbocycles. The van der Waals surface area contributed by atoms with Gasteiger partial charge in [-0.1, -0.05) is 0 Å². The Hall–Kier alpha value is -0.210. The molecule has 2 aliphatic rings. The van der Waals surface area contributed by atoms with Crippen molar-refractivity contribution in [3.63, 3.8) is 0 Å². The fourth-order valence-electron chi connectivity index (χ4n) is 3.13. The maximum absolute atomic E-state index is 12.0. The van der Waals surface area contributed by atoms with Crippen LogP contribution >= 0.6 is 0 Å². The summed E-state index contributed by atoms with van der Waals surface area (Å²) in [4.78, 5) is 2.34. The van der Waals surface area contributed by atoms with Crippen LogP contribution in [0.4, 0.5) is 0 Å². The number of nitrogens with zero attached hydrogens (tertiary/aromatic N) is 2. The van der Waals surface area contributed by atoms with Gasteiger partial charge in [-0.2, -0.15) is 0 Å². The van der Waals surface area contributed by atoms with Crippen LogP contribution in [0.15, 0.2) is 0 Å². The molecule has 0 radical (unpaired) electrons. The van der Waals surface area contributed by atoms with E-state index in [0.717, 1.165) is 45.3 Å². The molecule has 136 valence electrons. The van der Waals surface area contributed by atoms with E-state index < -0.39 is 10.0 Å². The molecule has 0 aromatic carbocycles. The number of likely N-dealkylation sites (tertiary alicyclic amines) is 1. The molecular weight excluding hydrogens is 316 g/mol. The van der Waals surface area contributed by atoms with E-state index in [4.69, 9.17) is 9.47 Å². The topological polar surface area (TPSA) is 59.1 Å². The molecule has 0 N–H and O–H groups in total. The Bertz CT molecular complexity index is 455. The number of ether oxygens (including phenoxy) is 2. The Morgan fingerprint density at radius 2 is 1.74 bits per heavy atom. The van der Waals surface area contributed by atoms with Crippen LogP contribution in [0.2, 0.25) is 0 Å². The van der Waals surface area contributed by atoms with E-state index >= 15 is 0 Å². The van der Waals surface area contributed by atoms with Gasteiger partial charge in [-0.25, -0.2) is 12.7 Å². The van der Waals surface area contributed by atoms with E-state index in [1.54, 1.807) is 28.0 Å². The van der Waals surface area contributed by atoms with Crippen LogP contribution in [0, 0.1) is 0 Å². The smallest absolute Gasteiger partial charge is 0.216 e. The van der Waals surface area contributed by atoms with Crippen molar-refractivity contribution < 1.29 is 17.9 Å². The summed E-state index contributed by atoms with van der Waals surface area (Å²) >= 11 is 0. The molecule has 1 aliphatic heterocycles. The molecule has 0 aromatic heterocycles.